The smallest absolute Gasteiger partial charge is 0.355 e. The summed E-state index contributed by atoms with van der Waals surface area (Å²) in [6, 6.07) is 26.3. The van der Waals surface area contributed by atoms with Crippen LogP contribution >= 0.6 is 18.9 Å². The van der Waals surface area contributed by atoms with Crippen molar-refractivity contribution in [2.45, 2.75) is 122 Å². The number of imidazole rings is 1. The Morgan fingerprint density at radius 2 is 1.62 bits per heavy atom. The van der Waals surface area contributed by atoms with Crippen LogP contribution in [0.15, 0.2) is 108 Å². The lowest BCUT2D eigenvalue weighted by Gasteiger charge is -2.40. The number of ether oxygens (including phenoxy) is 2. The highest BCUT2D eigenvalue weighted by Crippen LogP contribution is 2.58. The second-order valence-corrected chi connectivity index (χ2v) is 27.0. The van der Waals surface area contributed by atoms with Crippen LogP contribution in [0.3, 0.4) is 0 Å². The van der Waals surface area contributed by atoms with Crippen LogP contribution in [0.2, 0.25) is 0 Å². The lowest BCUT2D eigenvalue weighted by molar-refractivity contribution is -0.152. The number of aliphatic hydroxyl groups excluding tert-OH is 1. The van der Waals surface area contributed by atoms with Crippen molar-refractivity contribution in [3.63, 3.8) is 0 Å². The minimum atomic E-state index is -4.51. The van der Waals surface area contributed by atoms with Gasteiger partial charge in [0.2, 0.25) is 23.6 Å². The van der Waals surface area contributed by atoms with Gasteiger partial charge in [-0.2, -0.15) is 0 Å². The number of rotatable bonds is 18. The van der Waals surface area contributed by atoms with Gasteiger partial charge in [0.25, 0.3) is 5.91 Å². The predicted octanol–water partition coefficient (Wildman–Crippen LogP) is 8.37. The van der Waals surface area contributed by atoms with Gasteiger partial charge in [0.1, 0.15) is 42.2 Å². The summed E-state index contributed by atoms with van der Waals surface area (Å²) in [5, 5.41) is 18.7. The molecule has 6 aromatic rings. The number of para-hydroxylation sites is 1. The third-order valence-corrected chi connectivity index (χ3v) is 20.1. The van der Waals surface area contributed by atoms with Gasteiger partial charge in [-0.25, -0.2) is 14.3 Å². The summed E-state index contributed by atoms with van der Waals surface area (Å²) in [5.74, 6) is -4.09. The zero-order chi connectivity index (χ0) is 59.6. The first kappa shape index (κ1) is 60.4. The Hall–Kier alpha value is -6.74. The van der Waals surface area contributed by atoms with Crippen molar-refractivity contribution >= 4 is 69.6 Å². The minimum absolute atomic E-state index is 0.00877. The number of thiophene rings is 1. The Bertz CT molecular complexity index is 3490. The molecule has 4 N–H and O–H groups in total. The number of hydrogen-bond donors (Lipinski definition) is 4. The number of morpholine rings is 1. The van der Waals surface area contributed by atoms with Crippen molar-refractivity contribution in [1.29, 1.82) is 0 Å². The molecular weight excluding hydrogens is 1110 g/mol. The summed E-state index contributed by atoms with van der Waals surface area (Å²) < 4.78 is 52.1. The van der Waals surface area contributed by atoms with E-state index in [0.29, 0.717) is 67.7 Å². The normalized spacial score (nSPS) is 22.7. The fourth-order valence-electron chi connectivity index (χ4n) is 12.4. The minimum Gasteiger partial charge on any atom is -0.465 e. The number of aromatic nitrogens is 2. The number of piperidine rings is 2. The predicted molar refractivity (Wildman–Crippen MR) is 318 cm³/mol. The third kappa shape index (κ3) is 13.1. The van der Waals surface area contributed by atoms with Crippen molar-refractivity contribution in [3.8, 4) is 5.75 Å². The lowest BCUT2D eigenvalue weighted by atomic mass is 9.82. The molecule has 9 atom stereocenters. The van der Waals surface area contributed by atoms with E-state index in [-0.39, 0.29) is 64.1 Å². The first-order chi connectivity index (χ1) is 40.2. The van der Waals surface area contributed by atoms with Gasteiger partial charge < -0.3 is 39.5 Å². The summed E-state index contributed by atoms with van der Waals surface area (Å²) in [5.41, 5.74) is 2.29. The van der Waals surface area contributed by atoms with Crippen LogP contribution in [0.5, 0.6) is 5.75 Å². The topological polar surface area (TPSA) is 223 Å². The monoisotopic (exact) mass is 1190 g/mol. The summed E-state index contributed by atoms with van der Waals surface area (Å²) in [6.45, 7) is 12.4. The lowest BCUT2D eigenvalue weighted by Crippen LogP contribution is -2.59. The van der Waals surface area contributed by atoms with Gasteiger partial charge >= 0.3 is 19.2 Å². The standard InChI is InChI=1S/C62H76FN8O11PS/c1-7-80-60(77)38(2)66-83(79,82-45-16-12-9-13-17-45)55(63)43-19-22-50-44(34-43)35-51(84-50)57(74)65-54(62(3,4)5)59(76)70-29-26-42(53(70)58(75)69-30-31-81-49(37-69)41-14-10-8-11-15-41)32-39-24-27-68(28-25-39)36-40-18-20-46-48(33-40)67(6)61(78)71(46)47-21-23-52(72)64-56(47)73/h8-20,22,33-35,38-39,42,47,49,52-55,72H,7,21,23-32,36-37H2,1-6H3,(H,64,73)(H,65,74)(H,66,79)/t38-,42-,47?,49-,52?,53-,54+,55?,83?/m0/s1. The molecule has 2 aromatic heterocycles. The summed E-state index contributed by atoms with van der Waals surface area (Å²) in [6.07, 6.45) is 2.56. The van der Waals surface area contributed by atoms with Gasteiger partial charge in [0, 0.05) is 31.4 Å². The van der Waals surface area contributed by atoms with Crippen molar-refractivity contribution < 1.29 is 52.0 Å². The molecule has 6 heterocycles. The van der Waals surface area contributed by atoms with E-state index in [1.165, 1.54) is 35.8 Å². The fraction of sp³-hybridized carbons (Fsp3) is 0.484. The molecule has 4 fully saturated rings. The zero-order valence-corrected chi connectivity index (χ0v) is 50.1. The highest BCUT2D eigenvalue weighted by molar-refractivity contribution is 7.57. The summed E-state index contributed by atoms with van der Waals surface area (Å²) in [7, 11) is -2.80. The van der Waals surface area contributed by atoms with Gasteiger partial charge in [0.05, 0.1) is 35.7 Å². The largest absolute Gasteiger partial charge is 0.465 e. The molecule has 84 heavy (non-hydrogen) atoms. The Morgan fingerprint density at radius 3 is 2.32 bits per heavy atom. The molecule has 448 valence electrons. The number of hydrogen-bond acceptors (Lipinski definition) is 13. The molecule has 0 saturated carbocycles. The highest BCUT2D eigenvalue weighted by atomic mass is 32.1. The SMILES string of the molecule is CCOC(=O)[C@H](C)NP(=O)(Oc1ccccc1)C(F)c1ccc2sc(C(=O)N[C@H](C(=O)N3CC[C@@H](CC4CCN(Cc5ccc6c(c5)n(C)c(=O)n6C5CCC(O)NC5=O)CC4)[C@H]3C(=O)N3CCO[C@H](c4ccccc4)C3)C(C)(C)C)cc2c1. The van der Waals surface area contributed by atoms with Crippen LogP contribution in [0.25, 0.3) is 21.1 Å². The van der Waals surface area contributed by atoms with Crippen molar-refractivity contribution in [2.75, 3.05) is 45.9 Å². The van der Waals surface area contributed by atoms with E-state index >= 15 is 14.0 Å². The maximum Gasteiger partial charge on any atom is 0.355 e. The molecule has 4 aromatic carbocycles. The Labute approximate surface area is 492 Å². The molecule has 0 bridgehead atoms. The maximum absolute atomic E-state index is 16.8. The van der Waals surface area contributed by atoms with E-state index in [9.17, 15) is 28.8 Å². The second-order valence-electron chi connectivity index (χ2n) is 23.8. The van der Waals surface area contributed by atoms with E-state index in [1.54, 1.807) is 53.8 Å². The number of nitrogens with one attached hydrogen (secondary N) is 3. The van der Waals surface area contributed by atoms with Crippen LogP contribution in [0.4, 0.5) is 4.39 Å². The Morgan fingerprint density at radius 1 is 0.893 bits per heavy atom. The third-order valence-electron chi connectivity index (χ3n) is 16.9. The first-order valence-corrected chi connectivity index (χ1v) is 31.6. The Kier molecular flexibility index (Phi) is 18.3. The number of likely N-dealkylation sites (tertiary alicyclic amines) is 2. The molecular formula is C62H76FN8O11PS. The first-order valence-electron chi connectivity index (χ1n) is 29.1. The molecule has 10 rings (SSSR count). The van der Waals surface area contributed by atoms with Gasteiger partial charge in [-0.1, -0.05) is 81.4 Å². The van der Waals surface area contributed by atoms with Crippen LogP contribution < -0.4 is 25.9 Å². The van der Waals surface area contributed by atoms with Crippen LogP contribution in [0, 0.1) is 17.3 Å². The van der Waals surface area contributed by atoms with Crippen LogP contribution in [-0.2, 0) is 46.8 Å². The Balaban J connectivity index is 0.847. The average molecular weight is 1190 g/mol. The number of amides is 4. The molecule has 0 aliphatic carbocycles. The number of esters is 1. The van der Waals surface area contributed by atoms with Crippen molar-refractivity contribution in [1.82, 2.24) is 39.6 Å². The molecule has 0 spiro atoms. The summed E-state index contributed by atoms with van der Waals surface area (Å²) >= 11 is 1.16. The fourth-order valence-corrected chi connectivity index (χ4v) is 15.2. The quantitative estimate of drug-likeness (QED) is 0.0470. The maximum atomic E-state index is 16.8. The number of fused-ring (bicyclic) bond motifs is 2. The van der Waals surface area contributed by atoms with Crippen molar-refractivity contribution in [3.05, 3.63) is 135 Å². The van der Waals surface area contributed by atoms with E-state index in [1.807, 2.05) is 74.2 Å². The molecule has 4 amide bonds. The van der Waals surface area contributed by atoms with Gasteiger partial charge in [-0.15, -0.1) is 11.3 Å². The number of aryl methyl sites for hydroxylation is 1. The van der Waals surface area contributed by atoms with Gasteiger partial charge in [0.15, 0.2) is 0 Å². The number of halogens is 1. The van der Waals surface area contributed by atoms with Crippen LogP contribution in [-0.4, -0.2) is 129 Å². The highest BCUT2D eigenvalue weighted by Gasteiger charge is 2.49. The van der Waals surface area contributed by atoms with Gasteiger partial charge in [-0.05, 0) is 147 Å². The zero-order valence-electron chi connectivity index (χ0n) is 48.4. The van der Waals surface area contributed by atoms with E-state index in [2.05, 4.69) is 20.6 Å². The molecule has 22 heteroatoms. The number of carbonyl (C=O) groups excluding carboxylic acids is 5. The van der Waals surface area contributed by atoms with Crippen LogP contribution in [0.1, 0.15) is 118 Å². The van der Waals surface area contributed by atoms with E-state index in [0.717, 1.165) is 60.3 Å². The number of alkyl halides is 1. The van der Waals surface area contributed by atoms with E-state index < -0.39 is 61.1 Å². The summed E-state index contributed by atoms with van der Waals surface area (Å²) in [4.78, 5) is 90.3. The molecule has 4 aliphatic rings. The molecule has 4 aliphatic heterocycles. The molecule has 0 radical (unpaired) electrons. The molecule has 19 nitrogen and oxygen atoms in total. The van der Waals surface area contributed by atoms with E-state index in [4.69, 9.17) is 14.0 Å². The number of carbonyl (C=O) groups is 5. The molecule has 4 unspecified atom stereocenters. The van der Waals surface area contributed by atoms with Gasteiger partial charge in [-0.3, -0.25) is 42.6 Å². The van der Waals surface area contributed by atoms with Crippen molar-refractivity contribution in [2.24, 2.45) is 24.3 Å². The number of aliphatic hydroxyl groups is 1. The average Bonchev–Trinajstić information content (AvgIpc) is 2.70. The second kappa shape index (κ2) is 25.5. The number of benzene rings is 4. The number of nitrogens with zero attached hydrogens (tertiary/aromatic N) is 5. The molecule has 4 saturated heterocycles.